The van der Waals surface area contributed by atoms with E-state index in [0.717, 1.165) is 5.75 Å². The van der Waals surface area contributed by atoms with Gasteiger partial charge in [0.25, 0.3) is 0 Å². The Morgan fingerprint density at radius 1 is 0.560 bits per heavy atom. The van der Waals surface area contributed by atoms with E-state index in [1.54, 1.807) is 0 Å². The molecule has 0 aromatic rings. The average Bonchev–Trinajstić information content (AvgIpc) is 2.60. The number of unbranched alkanes of at least 4 members (excludes halogenated alkanes) is 9. The highest BCUT2D eigenvalue weighted by Gasteiger charge is 2.46. The van der Waals surface area contributed by atoms with Crippen molar-refractivity contribution >= 4 is 18.3 Å². The molecule has 1 unspecified atom stereocenters. The smallest absolute Gasteiger partial charge is 0.367 e. The van der Waals surface area contributed by atoms with Gasteiger partial charge in [0, 0.05) is 19.8 Å². The van der Waals surface area contributed by atoms with Crippen LogP contribution in [0.1, 0.15) is 98.8 Å². The molecule has 5 heteroatoms. The molecule has 0 aliphatic carbocycles. The minimum Gasteiger partial charge on any atom is -0.367 e. The first-order valence-corrected chi connectivity index (χ1v) is 15.1. The molecule has 0 aliphatic heterocycles. The molecule has 0 aromatic carbocycles. The van der Waals surface area contributed by atoms with Gasteiger partial charge in [0.05, 0.1) is 0 Å². The lowest BCUT2D eigenvalue weighted by Crippen LogP contribution is -2.47. The predicted octanol–water partition coefficient (Wildman–Crippen LogP) is 6.47. The van der Waals surface area contributed by atoms with Gasteiger partial charge in [0.1, 0.15) is 0 Å². The minimum atomic E-state index is -2.45. The molecule has 154 valence electrons. The highest BCUT2D eigenvalue weighted by molar-refractivity contribution is 8.41. The average molecular weight is 395 g/mol. The van der Waals surface area contributed by atoms with Crippen molar-refractivity contribution in [1.29, 1.82) is 0 Å². The summed E-state index contributed by atoms with van der Waals surface area (Å²) in [6, 6.07) is 0. The normalized spacial score (nSPS) is 14.0. The summed E-state index contributed by atoms with van der Waals surface area (Å²) < 4.78 is 18.4. The Balaban J connectivity index is 4.07. The van der Waals surface area contributed by atoms with Gasteiger partial charge in [0.15, 0.2) is 0 Å². The molecule has 0 N–H and O–H groups in total. The lowest BCUT2D eigenvalue weighted by atomic mass is 10.1. The Bertz CT molecular complexity index is 263. The molecule has 3 nitrogen and oxygen atoms in total. The molecule has 0 aromatic heterocycles. The molecule has 0 fully saturated rings. The van der Waals surface area contributed by atoms with E-state index in [-0.39, 0.29) is 10.3 Å². The van der Waals surface area contributed by atoms with Crippen LogP contribution in [0.25, 0.3) is 0 Å². The third-order valence-corrected chi connectivity index (χ3v) is 14.0. The second-order valence-corrected chi connectivity index (χ2v) is 14.2. The fraction of sp³-hybridized carbons (Fsp3) is 1.00. The lowest BCUT2D eigenvalue weighted by molar-refractivity contribution is 0.0959. The zero-order valence-electron chi connectivity index (χ0n) is 17.8. The van der Waals surface area contributed by atoms with Gasteiger partial charge in [-0.3, -0.25) is 0 Å². The summed E-state index contributed by atoms with van der Waals surface area (Å²) in [6.07, 6.45) is 13.9. The standard InChI is InChI=1S/C20H46O3SSi/c1-6-11-12-13-14-15-16-17-18-19-20-24(10-5)25(21-7-2,22-8-3)23-9-4/h24H,6-20H2,1-5H3. The van der Waals surface area contributed by atoms with Crippen LogP contribution >= 0.6 is 10.3 Å². The summed E-state index contributed by atoms with van der Waals surface area (Å²) >= 11 is 0. The molecule has 0 heterocycles. The Morgan fingerprint density at radius 2 is 0.960 bits per heavy atom. The Morgan fingerprint density at radius 3 is 1.32 bits per heavy atom. The highest BCUT2D eigenvalue weighted by atomic mass is 32.4. The quantitative estimate of drug-likeness (QED) is 0.154. The van der Waals surface area contributed by atoms with E-state index >= 15 is 0 Å². The van der Waals surface area contributed by atoms with Gasteiger partial charge < -0.3 is 13.3 Å². The molecule has 25 heavy (non-hydrogen) atoms. The van der Waals surface area contributed by atoms with E-state index < -0.39 is 7.95 Å². The molecular weight excluding hydrogens is 348 g/mol. The fourth-order valence-corrected chi connectivity index (χ4v) is 12.0. The fourth-order valence-electron chi connectivity index (χ4n) is 3.22. The van der Waals surface area contributed by atoms with Crippen LogP contribution in [0.5, 0.6) is 0 Å². The van der Waals surface area contributed by atoms with E-state index in [1.165, 1.54) is 70.0 Å². The van der Waals surface area contributed by atoms with Gasteiger partial charge in [-0.2, -0.15) is 10.3 Å². The summed E-state index contributed by atoms with van der Waals surface area (Å²) in [4.78, 5) is 0. The van der Waals surface area contributed by atoms with Crippen LogP contribution in [0, 0.1) is 0 Å². The zero-order chi connectivity index (χ0) is 18.8. The summed E-state index contributed by atoms with van der Waals surface area (Å²) in [5, 5.41) is 0. The molecule has 0 aliphatic rings. The van der Waals surface area contributed by atoms with Crippen molar-refractivity contribution in [2.45, 2.75) is 98.8 Å². The van der Waals surface area contributed by atoms with E-state index in [9.17, 15) is 0 Å². The van der Waals surface area contributed by atoms with Gasteiger partial charge >= 0.3 is 7.95 Å². The molecular formula is C20H46O3SSi. The molecule has 0 amide bonds. The van der Waals surface area contributed by atoms with E-state index in [0.29, 0.717) is 19.8 Å². The second kappa shape index (κ2) is 17.8. The van der Waals surface area contributed by atoms with Crippen LogP contribution in [0.3, 0.4) is 0 Å². The van der Waals surface area contributed by atoms with Crippen LogP contribution in [0.15, 0.2) is 0 Å². The van der Waals surface area contributed by atoms with Gasteiger partial charge in [-0.1, -0.05) is 71.6 Å². The van der Waals surface area contributed by atoms with Crippen molar-refractivity contribution in [2.24, 2.45) is 0 Å². The number of hydrogen-bond donors (Lipinski definition) is 1. The Labute approximate surface area is 161 Å². The van der Waals surface area contributed by atoms with Crippen LogP contribution < -0.4 is 0 Å². The maximum absolute atomic E-state index is 6.13. The van der Waals surface area contributed by atoms with Crippen molar-refractivity contribution < 1.29 is 13.3 Å². The van der Waals surface area contributed by atoms with Gasteiger partial charge in [-0.05, 0) is 38.7 Å². The van der Waals surface area contributed by atoms with Crippen LogP contribution in [0.2, 0.25) is 0 Å². The maximum Gasteiger partial charge on any atom is 0.553 e. The summed E-state index contributed by atoms with van der Waals surface area (Å²) in [7, 11) is -2.74. The maximum atomic E-state index is 6.13. The number of hydrogen-bond acceptors (Lipinski definition) is 3. The molecule has 0 saturated heterocycles. The first-order valence-electron chi connectivity index (χ1n) is 10.9. The molecule has 0 radical (unpaired) electrons. The number of thiol groups is 1. The van der Waals surface area contributed by atoms with Gasteiger partial charge in [0.2, 0.25) is 0 Å². The highest BCUT2D eigenvalue weighted by Crippen LogP contribution is 2.40. The van der Waals surface area contributed by atoms with Gasteiger partial charge in [-0.15, -0.1) is 0 Å². The summed E-state index contributed by atoms with van der Waals surface area (Å²) in [5.41, 5.74) is 0. The first-order chi connectivity index (χ1) is 12.2. The SMILES string of the molecule is CCCCCCCCCCCC[SH](CC)[Si](OCC)(OCC)OCC. The summed E-state index contributed by atoms with van der Waals surface area (Å²) in [5.74, 6) is 2.40. The largest absolute Gasteiger partial charge is 0.553 e. The first kappa shape index (κ1) is 25.4. The van der Waals surface area contributed by atoms with Crippen molar-refractivity contribution in [3.05, 3.63) is 0 Å². The molecule has 1 atom stereocenters. The topological polar surface area (TPSA) is 27.7 Å². The van der Waals surface area contributed by atoms with Crippen molar-refractivity contribution in [1.82, 2.24) is 0 Å². The molecule has 0 spiro atoms. The van der Waals surface area contributed by atoms with Crippen LogP contribution in [-0.4, -0.2) is 39.3 Å². The third kappa shape index (κ3) is 11.7. The monoisotopic (exact) mass is 394 g/mol. The predicted molar refractivity (Wildman–Crippen MR) is 117 cm³/mol. The Kier molecular flexibility index (Phi) is 18.2. The van der Waals surface area contributed by atoms with E-state index in [1.807, 2.05) is 0 Å². The van der Waals surface area contributed by atoms with Crippen LogP contribution in [0.4, 0.5) is 0 Å². The van der Waals surface area contributed by atoms with Gasteiger partial charge in [-0.25, -0.2) is 0 Å². The summed E-state index contributed by atoms with van der Waals surface area (Å²) in [6.45, 7) is 12.8. The van der Waals surface area contributed by atoms with Crippen molar-refractivity contribution in [3.63, 3.8) is 0 Å². The zero-order valence-corrected chi connectivity index (χ0v) is 19.7. The number of rotatable bonds is 19. The molecule has 0 saturated carbocycles. The molecule has 0 bridgehead atoms. The van der Waals surface area contributed by atoms with Crippen LogP contribution in [-0.2, 0) is 13.3 Å². The van der Waals surface area contributed by atoms with Crippen molar-refractivity contribution in [3.8, 4) is 0 Å². The lowest BCUT2D eigenvalue weighted by Gasteiger charge is -2.37. The minimum absolute atomic E-state index is 0.286. The third-order valence-electron chi connectivity index (χ3n) is 4.53. The second-order valence-electron chi connectivity index (χ2n) is 6.58. The van der Waals surface area contributed by atoms with E-state index in [2.05, 4.69) is 34.6 Å². The molecule has 0 rings (SSSR count). The Hall–Kier alpha value is 0.447. The van der Waals surface area contributed by atoms with E-state index in [4.69, 9.17) is 13.3 Å². The van der Waals surface area contributed by atoms with Crippen molar-refractivity contribution in [2.75, 3.05) is 31.3 Å².